The van der Waals surface area contributed by atoms with Crippen molar-refractivity contribution in [2.24, 2.45) is 0 Å². The molecule has 69 heavy (non-hydrogen) atoms. The van der Waals surface area contributed by atoms with Crippen LogP contribution in [0, 0.1) is 0 Å². The zero-order valence-corrected chi connectivity index (χ0v) is 37.3. The topological polar surface area (TPSA) is 40.6 Å². The minimum Gasteiger partial charge on any atom is -0.309 e. The van der Waals surface area contributed by atoms with Crippen molar-refractivity contribution < 1.29 is 0 Å². The number of aromatic nitrogens is 5. The van der Waals surface area contributed by atoms with Gasteiger partial charge in [-0.3, -0.25) is 4.57 Å². The molecule has 0 aliphatic heterocycles. The third kappa shape index (κ3) is 5.59. The van der Waals surface area contributed by atoms with E-state index < -0.39 is 0 Å². The predicted molar refractivity (Wildman–Crippen MR) is 288 cm³/mol. The monoisotopic (exact) mass is 877 g/mol. The average molecular weight is 878 g/mol. The minimum atomic E-state index is 0.641. The van der Waals surface area contributed by atoms with Crippen LogP contribution in [0.3, 0.4) is 0 Å². The van der Waals surface area contributed by atoms with E-state index in [0.29, 0.717) is 5.95 Å². The van der Waals surface area contributed by atoms with Crippen LogP contribution in [0.2, 0.25) is 0 Å². The van der Waals surface area contributed by atoms with E-state index in [4.69, 9.17) is 9.97 Å². The van der Waals surface area contributed by atoms with Gasteiger partial charge >= 0.3 is 0 Å². The summed E-state index contributed by atoms with van der Waals surface area (Å²) in [6, 6.07) is 85.6. The molecule has 0 aliphatic carbocycles. The van der Waals surface area contributed by atoms with Crippen LogP contribution in [0.4, 0.5) is 0 Å². The molecular weight excluding hydrogens is 839 g/mol. The van der Waals surface area contributed by atoms with Gasteiger partial charge < -0.3 is 9.13 Å². The lowest BCUT2D eigenvalue weighted by Crippen LogP contribution is -2.03. The molecule has 320 valence electrons. The van der Waals surface area contributed by atoms with Gasteiger partial charge in [0.15, 0.2) is 0 Å². The van der Waals surface area contributed by atoms with Crippen LogP contribution in [0.25, 0.3) is 138 Å². The lowest BCUT2D eigenvalue weighted by Gasteiger charge is -2.13. The van der Waals surface area contributed by atoms with Crippen LogP contribution in [-0.2, 0) is 0 Å². The number of fused-ring (bicyclic) bond motifs is 14. The SMILES string of the molecule is c1ccc(-n2c3ccccc3c3cc(-c4ccc5c(c4)c4ccccc4n5-c4nc(-c5ccc(-n6c7ccc8ccccc8c7c7ccc8ccccc8c76)cc5)c5ccccc5n4)ccc32)cc1. The van der Waals surface area contributed by atoms with Crippen molar-refractivity contribution in [3.63, 3.8) is 0 Å². The standard InChI is InChI=1S/C64H39N5/c1-2-16-45(17-3-1)67-56-24-12-9-20-49(56)53-38-43(30-35-58(53)67)44-31-36-59-54(39-44)50-21-10-13-25-57(50)69(59)64-65-55-23-11-8-22-51(55)62(66-64)42-26-32-46(33-27-42)68-60-37-29-40-14-4-6-18-47(40)61(60)52-34-28-41-15-5-7-19-48(41)63(52)68/h1-39H. The van der Waals surface area contributed by atoms with Crippen molar-refractivity contribution in [1.29, 1.82) is 0 Å². The Morgan fingerprint density at radius 3 is 1.51 bits per heavy atom. The zero-order chi connectivity index (χ0) is 45.2. The first-order chi connectivity index (χ1) is 34.2. The quantitative estimate of drug-likeness (QED) is 0.173. The van der Waals surface area contributed by atoms with E-state index in [0.717, 1.165) is 60.9 Å². The minimum absolute atomic E-state index is 0.641. The van der Waals surface area contributed by atoms with Gasteiger partial charge in [-0.1, -0.05) is 164 Å². The average Bonchev–Trinajstić information content (AvgIpc) is 4.06. The first kappa shape index (κ1) is 37.9. The van der Waals surface area contributed by atoms with Gasteiger partial charge in [0.25, 0.3) is 0 Å². The van der Waals surface area contributed by atoms with Crippen LogP contribution in [0.5, 0.6) is 0 Å². The normalized spacial score (nSPS) is 12.1. The van der Waals surface area contributed by atoms with Crippen LogP contribution in [0.15, 0.2) is 237 Å². The van der Waals surface area contributed by atoms with E-state index >= 15 is 0 Å². The van der Waals surface area contributed by atoms with Gasteiger partial charge in [0.05, 0.1) is 44.3 Å². The van der Waals surface area contributed by atoms with Crippen LogP contribution in [-0.4, -0.2) is 23.7 Å². The lowest BCUT2D eigenvalue weighted by molar-refractivity contribution is 1.01. The Balaban J connectivity index is 0.882. The smallest absolute Gasteiger partial charge is 0.235 e. The van der Waals surface area contributed by atoms with Crippen molar-refractivity contribution in [3.05, 3.63) is 237 Å². The molecule has 5 nitrogen and oxygen atoms in total. The molecule has 0 bridgehead atoms. The molecule has 0 radical (unpaired) electrons. The summed E-state index contributed by atoms with van der Waals surface area (Å²) in [5.74, 6) is 0.641. The molecule has 4 heterocycles. The molecule has 0 unspecified atom stereocenters. The fraction of sp³-hybridized carbons (Fsp3) is 0. The number of para-hydroxylation sites is 4. The Morgan fingerprint density at radius 2 is 0.783 bits per heavy atom. The number of nitrogens with zero attached hydrogens (tertiary/aromatic N) is 5. The number of rotatable bonds is 5. The Morgan fingerprint density at radius 1 is 0.275 bits per heavy atom. The van der Waals surface area contributed by atoms with E-state index in [1.807, 2.05) is 0 Å². The van der Waals surface area contributed by atoms with Crippen molar-refractivity contribution in [1.82, 2.24) is 23.7 Å². The summed E-state index contributed by atoms with van der Waals surface area (Å²) >= 11 is 0. The molecule has 11 aromatic carbocycles. The van der Waals surface area contributed by atoms with Gasteiger partial charge in [0, 0.05) is 60.0 Å². The Labute approximate surface area is 396 Å². The fourth-order valence-corrected chi connectivity index (χ4v) is 11.3. The number of hydrogen-bond acceptors (Lipinski definition) is 2. The molecular formula is C64H39N5. The van der Waals surface area contributed by atoms with E-state index in [1.165, 1.54) is 70.7 Å². The summed E-state index contributed by atoms with van der Waals surface area (Å²) in [6.07, 6.45) is 0. The first-order valence-electron chi connectivity index (χ1n) is 23.6. The van der Waals surface area contributed by atoms with Crippen LogP contribution >= 0.6 is 0 Å². The molecule has 0 aliphatic rings. The maximum absolute atomic E-state index is 5.49. The molecule has 0 saturated carbocycles. The van der Waals surface area contributed by atoms with Gasteiger partial charge in [-0.2, -0.15) is 0 Å². The highest BCUT2D eigenvalue weighted by atomic mass is 15.2. The third-order valence-electron chi connectivity index (χ3n) is 14.4. The Bertz CT molecular complexity index is 4590. The molecule has 0 atom stereocenters. The molecule has 0 N–H and O–H groups in total. The van der Waals surface area contributed by atoms with Crippen LogP contribution < -0.4 is 0 Å². The largest absolute Gasteiger partial charge is 0.309 e. The second kappa shape index (κ2) is 14.6. The maximum atomic E-state index is 5.49. The first-order valence-corrected chi connectivity index (χ1v) is 23.6. The molecule has 0 spiro atoms. The molecule has 15 aromatic rings. The molecule has 15 rings (SSSR count). The van der Waals surface area contributed by atoms with Gasteiger partial charge in [-0.25, -0.2) is 9.97 Å². The maximum Gasteiger partial charge on any atom is 0.235 e. The highest BCUT2D eigenvalue weighted by molar-refractivity contribution is 6.26. The van der Waals surface area contributed by atoms with Gasteiger partial charge in [0.2, 0.25) is 5.95 Å². The second-order valence-corrected chi connectivity index (χ2v) is 18.1. The Hall–Kier alpha value is -9.32. The van der Waals surface area contributed by atoms with Gasteiger partial charge in [-0.15, -0.1) is 0 Å². The summed E-state index contributed by atoms with van der Waals surface area (Å²) in [5.41, 5.74) is 14.3. The fourth-order valence-electron chi connectivity index (χ4n) is 11.3. The van der Waals surface area contributed by atoms with E-state index in [-0.39, 0.29) is 0 Å². The molecule has 5 heteroatoms. The van der Waals surface area contributed by atoms with Crippen molar-refractivity contribution in [2.75, 3.05) is 0 Å². The van der Waals surface area contributed by atoms with Crippen molar-refractivity contribution in [2.45, 2.75) is 0 Å². The summed E-state index contributed by atoms with van der Waals surface area (Å²) in [4.78, 5) is 10.8. The number of hydrogen-bond donors (Lipinski definition) is 0. The van der Waals surface area contributed by atoms with Crippen LogP contribution in [0.1, 0.15) is 0 Å². The lowest BCUT2D eigenvalue weighted by atomic mass is 10.0. The number of benzene rings is 11. The summed E-state index contributed by atoms with van der Waals surface area (Å²) in [7, 11) is 0. The highest BCUT2D eigenvalue weighted by Gasteiger charge is 2.21. The van der Waals surface area contributed by atoms with E-state index in [1.54, 1.807) is 0 Å². The third-order valence-corrected chi connectivity index (χ3v) is 14.4. The Kier molecular flexibility index (Phi) is 8.00. The second-order valence-electron chi connectivity index (χ2n) is 18.1. The van der Waals surface area contributed by atoms with E-state index in [2.05, 4.69) is 250 Å². The summed E-state index contributed by atoms with van der Waals surface area (Å²) in [5, 5.41) is 13.3. The summed E-state index contributed by atoms with van der Waals surface area (Å²) in [6.45, 7) is 0. The molecule has 0 fully saturated rings. The van der Waals surface area contributed by atoms with Gasteiger partial charge in [-0.05, 0) is 100 Å². The van der Waals surface area contributed by atoms with Gasteiger partial charge in [0.1, 0.15) is 0 Å². The molecule has 0 amide bonds. The predicted octanol–water partition coefficient (Wildman–Crippen LogP) is 16.6. The van der Waals surface area contributed by atoms with Crippen molar-refractivity contribution in [3.8, 4) is 39.7 Å². The summed E-state index contributed by atoms with van der Waals surface area (Å²) < 4.78 is 7.05. The van der Waals surface area contributed by atoms with E-state index in [9.17, 15) is 0 Å². The molecule has 0 saturated heterocycles. The molecule has 4 aromatic heterocycles. The zero-order valence-electron chi connectivity index (χ0n) is 37.3. The van der Waals surface area contributed by atoms with Crippen molar-refractivity contribution >= 4 is 97.9 Å². The highest BCUT2D eigenvalue weighted by Crippen LogP contribution is 2.42.